The van der Waals surface area contributed by atoms with Crippen molar-refractivity contribution in [1.82, 2.24) is 0 Å². The highest BCUT2D eigenvalue weighted by molar-refractivity contribution is 6.42. The monoisotopic (exact) mass is 463 g/mol. The van der Waals surface area contributed by atoms with Gasteiger partial charge >= 0.3 is 0 Å². The van der Waals surface area contributed by atoms with Crippen molar-refractivity contribution in [3.8, 4) is 5.75 Å². The maximum absolute atomic E-state index is 13.2. The number of rotatable bonds is 8. The summed E-state index contributed by atoms with van der Waals surface area (Å²) in [5, 5.41) is 6.57. The van der Waals surface area contributed by atoms with Crippen molar-refractivity contribution in [1.29, 1.82) is 0 Å². The number of anilines is 1. The molecular weight excluding hydrogens is 441 g/mol. The fourth-order valence-electron chi connectivity index (χ4n) is 3.66. The van der Waals surface area contributed by atoms with Crippen molar-refractivity contribution >= 4 is 45.4 Å². The zero-order chi connectivity index (χ0) is 22.5. The van der Waals surface area contributed by atoms with Crippen LogP contribution in [0.15, 0.2) is 84.9 Å². The largest absolute Gasteiger partial charge is 0.494 e. The second-order valence-corrected chi connectivity index (χ2v) is 8.33. The van der Waals surface area contributed by atoms with E-state index in [2.05, 4.69) is 5.32 Å². The lowest BCUT2D eigenvalue weighted by atomic mass is 9.96. The van der Waals surface area contributed by atoms with E-state index >= 15 is 0 Å². The molecule has 3 nitrogen and oxygen atoms in total. The lowest BCUT2D eigenvalue weighted by Gasteiger charge is -2.21. The molecule has 5 heteroatoms. The van der Waals surface area contributed by atoms with E-state index in [-0.39, 0.29) is 18.2 Å². The molecule has 0 aromatic heterocycles. The number of benzene rings is 4. The van der Waals surface area contributed by atoms with Gasteiger partial charge in [-0.05, 0) is 65.7 Å². The fourth-order valence-corrected chi connectivity index (χ4v) is 3.97. The topological polar surface area (TPSA) is 38.3 Å². The Bertz CT molecular complexity index is 1240. The lowest BCUT2D eigenvalue weighted by molar-refractivity contribution is 0.0976. The average molecular weight is 464 g/mol. The minimum Gasteiger partial charge on any atom is -0.494 e. The van der Waals surface area contributed by atoms with Gasteiger partial charge < -0.3 is 10.1 Å². The predicted octanol–water partition coefficient (Wildman–Crippen LogP) is 7.97. The molecule has 0 aliphatic heterocycles. The Labute approximate surface area is 197 Å². The molecular formula is C27H23Cl2NO2. The van der Waals surface area contributed by atoms with E-state index < -0.39 is 0 Å². The van der Waals surface area contributed by atoms with Gasteiger partial charge in [0.2, 0.25) is 0 Å². The third-order valence-corrected chi connectivity index (χ3v) is 6.05. The van der Waals surface area contributed by atoms with Gasteiger partial charge in [0.25, 0.3) is 0 Å². The highest BCUT2D eigenvalue weighted by Gasteiger charge is 2.19. The van der Waals surface area contributed by atoms with Crippen molar-refractivity contribution < 1.29 is 9.53 Å². The number of carbonyl (C=O) groups excluding carboxylic acids is 1. The number of ketones is 1. The minimum absolute atomic E-state index is 0.0465. The Hall–Kier alpha value is -3.01. The Morgan fingerprint density at radius 1 is 0.875 bits per heavy atom. The predicted molar refractivity (Wildman–Crippen MR) is 133 cm³/mol. The lowest BCUT2D eigenvalue weighted by Crippen LogP contribution is -2.16. The maximum atomic E-state index is 13.2. The number of fused-ring (bicyclic) bond motifs is 1. The molecule has 1 N–H and O–H groups in total. The van der Waals surface area contributed by atoms with E-state index in [1.54, 1.807) is 6.07 Å². The molecule has 0 aliphatic carbocycles. The Balaban J connectivity index is 1.61. The van der Waals surface area contributed by atoms with Crippen LogP contribution in [-0.4, -0.2) is 12.4 Å². The molecule has 0 saturated carbocycles. The Kier molecular flexibility index (Phi) is 6.99. The van der Waals surface area contributed by atoms with E-state index in [1.807, 2.05) is 85.8 Å². The van der Waals surface area contributed by atoms with E-state index in [0.29, 0.717) is 22.2 Å². The summed E-state index contributed by atoms with van der Waals surface area (Å²) in [6.07, 6.45) is 0.267. The van der Waals surface area contributed by atoms with Crippen molar-refractivity contribution in [2.45, 2.75) is 19.4 Å². The molecule has 32 heavy (non-hydrogen) atoms. The maximum Gasteiger partial charge on any atom is 0.165 e. The van der Waals surface area contributed by atoms with Crippen LogP contribution in [0.1, 0.15) is 35.3 Å². The van der Waals surface area contributed by atoms with Crippen LogP contribution < -0.4 is 10.1 Å². The van der Waals surface area contributed by atoms with Gasteiger partial charge in [-0.25, -0.2) is 0 Å². The number of ether oxygens (including phenoxy) is 1. The van der Waals surface area contributed by atoms with Crippen molar-refractivity contribution in [2.24, 2.45) is 0 Å². The van der Waals surface area contributed by atoms with Crippen molar-refractivity contribution in [3.05, 3.63) is 106 Å². The van der Waals surface area contributed by atoms with Gasteiger partial charge in [-0.2, -0.15) is 0 Å². The van der Waals surface area contributed by atoms with E-state index in [9.17, 15) is 4.79 Å². The summed E-state index contributed by atoms with van der Waals surface area (Å²) in [7, 11) is 0. The molecule has 1 unspecified atom stereocenters. The summed E-state index contributed by atoms with van der Waals surface area (Å²) in [4.78, 5) is 13.2. The van der Waals surface area contributed by atoms with Gasteiger partial charge in [0, 0.05) is 17.7 Å². The first-order chi connectivity index (χ1) is 15.5. The molecule has 0 heterocycles. The molecule has 4 aromatic rings. The van der Waals surface area contributed by atoms with Crippen molar-refractivity contribution in [2.75, 3.05) is 11.9 Å². The van der Waals surface area contributed by atoms with Crippen LogP contribution in [-0.2, 0) is 0 Å². The number of hydrogen-bond acceptors (Lipinski definition) is 3. The van der Waals surface area contributed by atoms with Crippen LogP contribution in [0.5, 0.6) is 5.75 Å². The first-order valence-corrected chi connectivity index (χ1v) is 11.3. The summed E-state index contributed by atoms with van der Waals surface area (Å²) in [5.74, 6) is 0.849. The minimum atomic E-state index is -0.276. The molecule has 0 saturated heterocycles. The summed E-state index contributed by atoms with van der Waals surface area (Å²) in [5.41, 5.74) is 2.46. The molecule has 0 spiro atoms. The highest BCUT2D eigenvalue weighted by Crippen LogP contribution is 2.31. The molecule has 0 amide bonds. The zero-order valence-electron chi connectivity index (χ0n) is 17.6. The number of nitrogens with one attached hydrogen (secondary N) is 1. The summed E-state index contributed by atoms with van der Waals surface area (Å²) < 4.78 is 5.52. The van der Waals surface area contributed by atoms with E-state index in [0.717, 1.165) is 27.8 Å². The SMILES string of the molecule is CCOc1ccc(NC(CC(=O)c2ccc3ccccc3c2)c2ccc(Cl)c(Cl)c2)cc1. The highest BCUT2D eigenvalue weighted by atomic mass is 35.5. The van der Waals surface area contributed by atoms with E-state index in [4.69, 9.17) is 27.9 Å². The third kappa shape index (κ3) is 5.24. The number of Topliss-reactive ketones (excluding diaryl/α,β-unsaturated/α-hetero) is 1. The zero-order valence-corrected chi connectivity index (χ0v) is 19.2. The standard InChI is InChI=1S/C27H23Cl2NO2/c1-2-32-23-12-10-22(11-13-23)30-26(20-9-14-24(28)25(29)16-20)17-27(31)21-8-7-18-5-3-4-6-19(18)15-21/h3-16,26,30H,2,17H2,1H3. The molecule has 0 fully saturated rings. The van der Waals surface area contributed by atoms with Gasteiger partial charge in [-0.3, -0.25) is 4.79 Å². The first-order valence-electron chi connectivity index (χ1n) is 10.5. The third-order valence-electron chi connectivity index (χ3n) is 5.31. The van der Waals surface area contributed by atoms with Gasteiger partial charge in [0.1, 0.15) is 5.75 Å². The summed E-state index contributed by atoms with van der Waals surface area (Å²) in [6.45, 7) is 2.56. The van der Waals surface area contributed by atoms with Crippen LogP contribution in [0.2, 0.25) is 10.0 Å². The fraction of sp³-hybridized carbons (Fsp3) is 0.148. The van der Waals surface area contributed by atoms with Crippen LogP contribution in [0.4, 0.5) is 5.69 Å². The molecule has 1 atom stereocenters. The number of carbonyl (C=O) groups is 1. The van der Waals surface area contributed by atoms with Gasteiger partial charge in [-0.1, -0.05) is 65.7 Å². The first kappa shape index (κ1) is 22.2. The van der Waals surface area contributed by atoms with Crippen LogP contribution in [0.25, 0.3) is 10.8 Å². The normalized spacial score (nSPS) is 11.8. The van der Waals surface area contributed by atoms with Crippen LogP contribution in [0.3, 0.4) is 0 Å². The summed E-state index contributed by atoms with van der Waals surface area (Å²) in [6, 6.07) is 26.7. The van der Waals surface area contributed by atoms with Crippen LogP contribution in [0, 0.1) is 0 Å². The number of hydrogen-bond donors (Lipinski definition) is 1. The van der Waals surface area contributed by atoms with Crippen LogP contribution >= 0.6 is 23.2 Å². The van der Waals surface area contributed by atoms with E-state index in [1.165, 1.54) is 0 Å². The molecule has 4 aromatic carbocycles. The molecule has 0 aliphatic rings. The average Bonchev–Trinajstić information content (AvgIpc) is 2.81. The summed E-state index contributed by atoms with van der Waals surface area (Å²) >= 11 is 12.4. The second kappa shape index (κ2) is 10.1. The quantitative estimate of drug-likeness (QED) is 0.269. The molecule has 0 radical (unpaired) electrons. The second-order valence-electron chi connectivity index (χ2n) is 7.52. The Morgan fingerprint density at radius 3 is 2.34 bits per heavy atom. The van der Waals surface area contributed by atoms with Gasteiger partial charge in [-0.15, -0.1) is 0 Å². The molecule has 4 rings (SSSR count). The van der Waals surface area contributed by atoms with Gasteiger partial charge in [0.05, 0.1) is 22.7 Å². The molecule has 162 valence electrons. The molecule has 0 bridgehead atoms. The van der Waals surface area contributed by atoms with Crippen molar-refractivity contribution in [3.63, 3.8) is 0 Å². The van der Waals surface area contributed by atoms with Gasteiger partial charge in [0.15, 0.2) is 5.78 Å². The Morgan fingerprint density at radius 2 is 1.62 bits per heavy atom. The smallest absolute Gasteiger partial charge is 0.165 e. The number of halogens is 2.